The fraction of sp³-hybridized carbons (Fsp3) is 0.250. The number of rotatable bonds is 3. The van der Waals surface area contributed by atoms with Crippen LogP contribution in [0.2, 0.25) is 0 Å². The Kier molecular flexibility index (Phi) is 3.58. The average molecular weight is 311 g/mol. The Morgan fingerprint density at radius 1 is 1.50 bits per heavy atom. The zero-order valence-corrected chi connectivity index (χ0v) is 12.1. The molecule has 1 aliphatic rings. The second-order valence-corrected chi connectivity index (χ2v) is 5.92. The normalized spacial score (nSPS) is 18.6. The Morgan fingerprint density at radius 3 is 3.00 bits per heavy atom. The van der Waals surface area contributed by atoms with Crippen molar-refractivity contribution in [3.8, 4) is 5.75 Å². The Balaban J connectivity index is 1.96. The number of methoxy groups -OCH3 is 1. The van der Waals surface area contributed by atoms with Gasteiger partial charge in [-0.2, -0.15) is 0 Å². The summed E-state index contributed by atoms with van der Waals surface area (Å²) in [6, 6.07) is 4.71. The molecule has 1 amide bonds. The van der Waals surface area contributed by atoms with Gasteiger partial charge in [-0.05, 0) is 17.7 Å². The van der Waals surface area contributed by atoms with Crippen LogP contribution >= 0.6 is 23.1 Å². The van der Waals surface area contributed by atoms with Crippen LogP contribution in [0.1, 0.15) is 10.9 Å². The van der Waals surface area contributed by atoms with Crippen molar-refractivity contribution in [2.45, 2.75) is 5.37 Å². The number of ether oxygens (including phenoxy) is 1. The maximum absolute atomic E-state index is 13.8. The molecule has 0 bridgehead atoms. The van der Waals surface area contributed by atoms with Gasteiger partial charge in [-0.15, -0.1) is 22.0 Å². The maximum Gasteiger partial charge on any atom is 0.240 e. The van der Waals surface area contributed by atoms with E-state index in [9.17, 15) is 9.18 Å². The van der Waals surface area contributed by atoms with Gasteiger partial charge < -0.3 is 4.74 Å². The Bertz CT molecular complexity index is 636. The number of hydrogen-bond acceptors (Lipinski definition) is 6. The summed E-state index contributed by atoms with van der Waals surface area (Å²) in [4.78, 5) is 13.5. The third-order valence-corrected chi connectivity index (χ3v) is 4.78. The van der Waals surface area contributed by atoms with E-state index in [4.69, 9.17) is 4.74 Å². The third kappa shape index (κ3) is 2.25. The lowest BCUT2D eigenvalue weighted by molar-refractivity contribution is -0.115. The molecule has 104 valence electrons. The number of thioether (sulfide) groups is 1. The van der Waals surface area contributed by atoms with Gasteiger partial charge >= 0.3 is 0 Å². The fourth-order valence-corrected chi connectivity index (χ4v) is 3.80. The highest BCUT2D eigenvalue weighted by atomic mass is 32.2. The number of carbonyl (C=O) groups is 1. The smallest absolute Gasteiger partial charge is 0.240 e. The Morgan fingerprint density at radius 2 is 2.35 bits per heavy atom. The molecule has 2 aromatic rings. The van der Waals surface area contributed by atoms with E-state index < -0.39 is 5.82 Å². The molecule has 0 radical (unpaired) electrons. The summed E-state index contributed by atoms with van der Waals surface area (Å²) in [6.07, 6.45) is 0. The van der Waals surface area contributed by atoms with Gasteiger partial charge in [-0.25, -0.2) is 4.39 Å². The van der Waals surface area contributed by atoms with Gasteiger partial charge in [0.05, 0.1) is 12.9 Å². The lowest BCUT2D eigenvalue weighted by Crippen LogP contribution is -2.27. The number of hydrogen-bond donors (Lipinski definition) is 0. The minimum absolute atomic E-state index is 0.0482. The zero-order valence-electron chi connectivity index (χ0n) is 10.4. The first-order valence-electron chi connectivity index (χ1n) is 5.74. The summed E-state index contributed by atoms with van der Waals surface area (Å²) in [5.41, 5.74) is 2.27. The van der Waals surface area contributed by atoms with Crippen molar-refractivity contribution in [3.63, 3.8) is 0 Å². The SMILES string of the molecule is COc1ccc([C@H]2SCC(=O)N2c2nncs2)cc1F. The van der Waals surface area contributed by atoms with E-state index in [0.29, 0.717) is 16.4 Å². The molecule has 0 spiro atoms. The van der Waals surface area contributed by atoms with Gasteiger partial charge in [-0.1, -0.05) is 17.4 Å². The molecule has 0 N–H and O–H groups in total. The van der Waals surface area contributed by atoms with Crippen LogP contribution in [0.25, 0.3) is 0 Å². The van der Waals surface area contributed by atoms with Crippen LogP contribution in [-0.2, 0) is 4.79 Å². The molecule has 1 atom stereocenters. The first kappa shape index (κ1) is 13.3. The molecule has 20 heavy (non-hydrogen) atoms. The largest absolute Gasteiger partial charge is 0.494 e. The number of carbonyl (C=O) groups excluding carboxylic acids is 1. The third-order valence-electron chi connectivity index (χ3n) is 2.88. The van der Waals surface area contributed by atoms with E-state index in [0.717, 1.165) is 0 Å². The molecule has 0 unspecified atom stereocenters. The predicted octanol–water partition coefficient (Wildman–Crippen LogP) is 2.46. The lowest BCUT2D eigenvalue weighted by atomic mass is 10.2. The summed E-state index contributed by atoms with van der Waals surface area (Å²) < 4.78 is 18.7. The van der Waals surface area contributed by atoms with Crippen LogP contribution in [0.3, 0.4) is 0 Å². The number of amides is 1. The molecular weight excluding hydrogens is 301 g/mol. The van der Waals surface area contributed by atoms with Crippen LogP contribution in [0, 0.1) is 5.82 Å². The van der Waals surface area contributed by atoms with Gasteiger partial charge in [0.15, 0.2) is 11.6 Å². The quantitative estimate of drug-likeness (QED) is 0.871. The van der Waals surface area contributed by atoms with Crippen LogP contribution in [0.15, 0.2) is 23.7 Å². The summed E-state index contributed by atoms with van der Waals surface area (Å²) in [5, 5.41) is 7.92. The fourth-order valence-electron chi connectivity index (χ4n) is 1.99. The number of halogens is 1. The van der Waals surface area contributed by atoms with E-state index in [1.807, 2.05) is 0 Å². The van der Waals surface area contributed by atoms with E-state index in [-0.39, 0.29) is 17.0 Å². The van der Waals surface area contributed by atoms with Gasteiger partial charge in [0.2, 0.25) is 11.0 Å². The monoisotopic (exact) mass is 311 g/mol. The Labute approximate surface area is 122 Å². The zero-order chi connectivity index (χ0) is 14.1. The molecule has 1 fully saturated rings. The second-order valence-electron chi connectivity index (χ2n) is 4.04. The van der Waals surface area contributed by atoms with Gasteiger partial charge in [-0.3, -0.25) is 9.69 Å². The number of benzene rings is 1. The summed E-state index contributed by atoms with van der Waals surface area (Å²) in [5.74, 6) is 0.0402. The molecule has 1 aromatic carbocycles. The van der Waals surface area contributed by atoms with Crippen molar-refractivity contribution in [2.24, 2.45) is 0 Å². The minimum Gasteiger partial charge on any atom is -0.494 e. The molecule has 0 saturated carbocycles. The molecule has 1 saturated heterocycles. The number of nitrogens with zero attached hydrogens (tertiary/aromatic N) is 3. The van der Waals surface area contributed by atoms with Crippen LogP contribution in [-0.4, -0.2) is 29.0 Å². The maximum atomic E-state index is 13.8. The molecule has 2 heterocycles. The van der Waals surface area contributed by atoms with E-state index >= 15 is 0 Å². The number of aromatic nitrogens is 2. The molecular formula is C12H10FN3O2S2. The highest BCUT2D eigenvalue weighted by Crippen LogP contribution is 2.42. The molecule has 1 aromatic heterocycles. The minimum atomic E-state index is -0.442. The van der Waals surface area contributed by atoms with Crippen molar-refractivity contribution in [1.82, 2.24) is 10.2 Å². The van der Waals surface area contributed by atoms with Crippen molar-refractivity contribution in [2.75, 3.05) is 17.8 Å². The second kappa shape index (κ2) is 5.37. The van der Waals surface area contributed by atoms with Crippen molar-refractivity contribution >= 4 is 34.1 Å². The van der Waals surface area contributed by atoms with Gasteiger partial charge in [0.1, 0.15) is 10.9 Å². The van der Waals surface area contributed by atoms with Crippen molar-refractivity contribution < 1.29 is 13.9 Å². The summed E-state index contributed by atoms with van der Waals surface area (Å²) in [6.45, 7) is 0. The van der Waals surface area contributed by atoms with Gasteiger partial charge in [0, 0.05) is 0 Å². The standard InChI is InChI=1S/C12H10FN3O2S2/c1-18-9-3-2-7(4-8(9)13)11-16(10(17)5-19-11)12-15-14-6-20-12/h2-4,6,11H,5H2,1H3/t11-/m1/s1. The molecule has 8 heteroatoms. The van der Waals surface area contributed by atoms with Gasteiger partial charge in [0.25, 0.3) is 0 Å². The first-order chi connectivity index (χ1) is 9.70. The van der Waals surface area contributed by atoms with Crippen LogP contribution < -0.4 is 9.64 Å². The molecule has 5 nitrogen and oxygen atoms in total. The highest BCUT2D eigenvalue weighted by Gasteiger charge is 2.36. The molecule has 0 aliphatic carbocycles. The highest BCUT2D eigenvalue weighted by molar-refractivity contribution is 8.00. The lowest BCUT2D eigenvalue weighted by Gasteiger charge is -2.21. The number of anilines is 1. The van der Waals surface area contributed by atoms with E-state index in [2.05, 4.69) is 10.2 Å². The molecule has 3 rings (SSSR count). The predicted molar refractivity (Wildman–Crippen MR) is 75.5 cm³/mol. The van der Waals surface area contributed by atoms with Crippen LogP contribution in [0.5, 0.6) is 5.75 Å². The summed E-state index contributed by atoms with van der Waals surface area (Å²) in [7, 11) is 1.42. The summed E-state index contributed by atoms with van der Waals surface area (Å²) >= 11 is 2.73. The first-order valence-corrected chi connectivity index (χ1v) is 7.67. The topological polar surface area (TPSA) is 55.3 Å². The average Bonchev–Trinajstić information content (AvgIpc) is 3.07. The van der Waals surface area contributed by atoms with Crippen LogP contribution in [0.4, 0.5) is 9.52 Å². The van der Waals surface area contributed by atoms with Crippen molar-refractivity contribution in [3.05, 3.63) is 35.1 Å². The van der Waals surface area contributed by atoms with E-state index in [1.54, 1.807) is 22.5 Å². The van der Waals surface area contributed by atoms with E-state index in [1.165, 1.54) is 36.3 Å². The molecule has 1 aliphatic heterocycles. The van der Waals surface area contributed by atoms with Crippen molar-refractivity contribution in [1.29, 1.82) is 0 Å². The Hall–Kier alpha value is -1.67.